The Bertz CT molecular complexity index is 462. The second kappa shape index (κ2) is 6.80. The lowest BCUT2D eigenvalue weighted by molar-refractivity contribution is 0.0490. The fourth-order valence-electron chi connectivity index (χ4n) is 3.63. The van der Waals surface area contributed by atoms with E-state index in [2.05, 4.69) is 48.3 Å². The molecule has 0 amide bonds. The van der Waals surface area contributed by atoms with E-state index in [1.807, 2.05) is 0 Å². The lowest BCUT2D eigenvalue weighted by Crippen LogP contribution is -2.37. The highest BCUT2D eigenvalue weighted by molar-refractivity contribution is 5.59. The van der Waals surface area contributed by atoms with Crippen LogP contribution in [0.2, 0.25) is 0 Å². The average molecular weight is 288 g/mol. The summed E-state index contributed by atoms with van der Waals surface area (Å²) in [6.45, 7) is 7.69. The molecule has 0 spiro atoms. The molecule has 3 rings (SSSR count). The molecule has 2 heterocycles. The van der Waals surface area contributed by atoms with Gasteiger partial charge in [-0.25, -0.2) is 0 Å². The first kappa shape index (κ1) is 14.9. The van der Waals surface area contributed by atoms with Crippen LogP contribution in [0.1, 0.15) is 38.7 Å². The summed E-state index contributed by atoms with van der Waals surface area (Å²) in [5.74, 6) is 0. The number of fused-ring (bicyclic) bond motifs is 1. The number of rotatable bonds is 6. The predicted octanol–water partition coefficient (Wildman–Crippen LogP) is 2.98. The van der Waals surface area contributed by atoms with Crippen molar-refractivity contribution in [2.24, 2.45) is 0 Å². The fraction of sp³-hybridized carbons (Fsp3) is 0.667. The highest BCUT2D eigenvalue weighted by Gasteiger charge is 2.31. The smallest absolute Gasteiger partial charge is 0.0755 e. The van der Waals surface area contributed by atoms with Gasteiger partial charge in [0.2, 0.25) is 0 Å². The Kier molecular flexibility index (Phi) is 4.81. The molecule has 1 aromatic rings. The van der Waals surface area contributed by atoms with Crippen LogP contribution in [-0.4, -0.2) is 37.9 Å². The van der Waals surface area contributed by atoms with E-state index in [4.69, 9.17) is 4.74 Å². The zero-order chi connectivity index (χ0) is 14.7. The maximum absolute atomic E-state index is 6.23. The second-order valence-electron chi connectivity index (χ2n) is 6.50. The van der Waals surface area contributed by atoms with Crippen LogP contribution in [-0.2, 0) is 11.2 Å². The van der Waals surface area contributed by atoms with Gasteiger partial charge in [-0.15, -0.1) is 0 Å². The number of hydrogen-bond acceptors (Lipinski definition) is 3. The number of ether oxygens (including phenoxy) is 1. The van der Waals surface area contributed by atoms with Gasteiger partial charge in [-0.1, -0.05) is 25.1 Å². The highest BCUT2D eigenvalue weighted by atomic mass is 16.5. The summed E-state index contributed by atoms with van der Waals surface area (Å²) in [6.07, 6.45) is 5.57. The first-order valence-electron chi connectivity index (χ1n) is 8.48. The van der Waals surface area contributed by atoms with Crippen molar-refractivity contribution in [2.45, 2.75) is 57.8 Å². The molecular formula is C18H28N2O. The van der Waals surface area contributed by atoms with Crippen LogP contribution in [0.3, 0.4) is 0 Å². The lowest BCUT2D eigenvalue weighted by atomic mass is 10.1. The Labute approximate surface area is 128 Å². The third-order valence-corrected chi connectivity index (χ3v) is 4.74. The zero-order valence-corrected chi connectivity index (χ0v) is 13.3. The molecule has 3 atom stereocenters. The molecule has 21 heavy (non-hydrogen) atoms. The molecule has 0 saturated carbocycles. The minimum atomic E-state index is 0.395. The van der Waals surface area contributed by atoms with Crippen LogP contribution >= 0.6 is 0 Å². The summed E-state index contributed by atoms with van der Waals surface area (Å²) in [5, 5.41) is 3.48. The number of anilines is 1. The Morgan fingerprint density at radius 1 is 1.24 bits per heavy atom. The van der Waals surface area contributed by atoms with Gasteiger partial charge < -0.3 is 15.0 Å². The molecule has 116 valence electrons. The Hall–Kier alpha value is -1.06. The molecule has 0 aromatic heterocycles. The number of nitrogens with zero attached hydrogens (tertiary/aromatic N) is 1. The second-order valence-corrected chi connectivity index (χ2v) is 6.50. The predicted molar refractivity (Wildman–Crippen MR) is 88.0 cm³/mol. The van der Waals surface area contributed by atoms with E-state index >= 15 is 0 Å². The van der Waals surface area contributed by atoms with Gasteiger partial charge in [-0.2, -0.15) is 0 Å². The highest BCUT2D eigenvalue weighted by Crippen LogP contribution is 2.33. The van der Waals surface area contributed by atoms with Crippen molar-refractivity contribution < 1.29 is 4.74 Å². The summed E-state index contributed by atoms with van der Waals surface area (Å²) < 4.78 is 6.23. The average Bonchev–Trinajstić information content (AvgIpc) is 3.05. The quantitative estimate of drug-likeness (QED) is 0.815. The molecule has 3 unspecified atom stereocenters. The van der Waals surface area contributed by atoms with Gasteiger partial charge in [0.05, 0.1) is 12.2 Å². The first-order valence-corrected chi connectivity index (χ1v) is 8.48. The van der Waals surface area contributed by atoms with Crippen molar-refractivity contribution in [1.29, 1.82) is 0 Å². The topological polar surface area (TPSA) is 24.5 Å². The van der Waals surface area contributed by atoms with E-state index in [1.54, 1.807) is 0 Å². The molecule has 0 aliphatic carbocycles. The number of hydrogen-bond donors (Lipinski definition) is 1. The molecule has 0 radical (unpaired) electrons. The van der Waals surface area contributed by atoms with Gasteiger partial charge in [0, 0.05) is 24.8 Å². The molecule has 1 fully saturated rings. The first-order chi connectivity index (χ1) is 10.3. The maximum Gasteiger partial charge on any atom is 0.0755 e. The summed E-state index contributed by atoms with van der Waals surface area (Å²) >= 11 is 0. The minimum absolute atomic E-state index is 0.395. The maximum atomic E-state index is 6.23. The summed E-state index contributed by atoms with van der Waals surface area (Å²) in [7, 11) is 0. The minimum Gasteiger partial charge on any atom is -0.372 e. The van der Waals surface area contributed by atoms with Crippen molar-refractivity contribution in [3.63, 3.8) is 0 Å². The molecule has 1 saturated heterocycles. The van der Waals surface area contributed by atoms with E-state index in [9.17, 15) is 0 Å². The van der Waals surface area contributed by atoms with Crippen molar-refractivity contribution in [3.05, 3.63) is 29.8 Å². The molecule has 0 bridgehead atoms. The van der Waals surface area contributed by atoms with Crippen LogP contribution in [0.4, 0.5) is 5.69 Å². The molecule has 3 nitrogen and oxygen atoms in total. The standard InChI is InChI=1S/C18H28N2O/c1-3-10-19-12-16-8-9-17(21-16)13-20-14(2)11-15-6-4-5-7-18(15)20/h4-7,14,16-17,19H,3,8-13H2,1-2H3. The number of para-hydroxylation sites is 1. The number of benzene rings is 1. The normalized spacial score (nSPS) is 28.1. The molecule has 3 heteroatoms. The Morgan fingerprint density at radius 2 is 2.05 bits per heavy atom. The third kappa shape index (κ3) is 3.41. The van der Waals surface area contributed by atoms with Gasteiger partial charge in [0.1, 0.15) is 0 Å². The Morgan fingerprint density at radius 3 is 2.90 bits per heavy atom. The zero-order valence-electron chi connectivity index (χ0n) is 13.3. The van der Waals surface area contributed by atoms with Crippen LogP contribution < -0.4 is 10.2 Å². The third-order valence-electron chi connectivity index (χ3n) is 4.74. The van der Waals surface area contributed by atoms with Gasteiger partial charge >= 0.3 is 0 Å². The monoisotopic (exact) mass is 288 g/mol. The summed E-state index contributed by atoms with van der Waals surface area (Å²) in [5.41, 5.74) is 2.91. The lowest BCUT2D eigenvalue weighted by Gasteiger charge is -2.28. The molecular weight excluding hydrogens is 260 g/mol. The van der Waals surface area contributed by atoms with Gasteiger partial charge in [0.15, 0.2) is 0 Å². The van der Waals surface area contributed by atoms with Gasteiger partial charge in [0.25, 0.3) is 0 Å². The van der Waals surface area contributed by atoms with E-state index in [-0.39, 0.29) is 0 Å². The van der Waals surface area contributed by atoms with Crippen LogP contribution in [0, 0.1) is 0 Å². The van der Waals surface area contributed by atoms with Crippen LogP contribution in [0.25, 0.3) is 0 Å². The molecule has 2 aliphatic rings. The van der Waals surface area contributed by atoms with Crippen molar-refractivity contribution in [3.8, 4) is 0 Å². The van der Waals surface area contributed by atoms with E-state index in [0.717, 1.165) is 19.6 Å². The van der Waals surface area contributed by atoms with Crippen LogP contribution in [0.15, 0.2) is 24.3 Å². The van der Waals surface area contributed by atoms with Gasteiger partial charge in [-0.05, 0) is 50.8 Å². The van der Waals surface area contributed by atoms with E-state index < -0.39 is 0 Å². The molecule has 1 aromatic carbocycles. The van der Waals surface area contributed by atoms with E-state index in [0.29, 0.717) is 18.2 Å². The van der Waals surface area contributed by atoms with E-state index in [1.165, 1.54) is 36.9 Å². The number of nitrogens with one attached hydrogen (secondary N) is 1. The fourth-order valence-corrected chi connectivity index (χ4v) is 3.63. The summed E-state index contributed by atoms with van der Waals surface area (Å²) in [6, 6.07) is 9.42. The van der Waals surface area contributed by atoms with Crippen LogP contribution in [0.5, 0.6) is 0 Å². The van der Waals surface area contributed by atoms with Crippen molar-refractivity contribution in [1.82, 2.24) is 5.32 Å². The molecule has 1 N–H and O–H groups in total. The SMILES string of the molecule is CCCNCC1CCC(CN2c3ccccc3CC2C)O1. The van der Waals surface area contributed by atoms with Crippen molar-refractivity contribution >= 4 is 5.69 Å². The largest absolute Gasteiger partial charge is 0.372 e. The van der Waals surface area contributed by atoms with Crippen molar-refractivity contribution in [2.75, 3.05) is 24.5 Å². The molecule has 2 aliphatic heterocycles. The summed E-state index contributed by atoms with van der Waals surface area (Å²) in [4.78, 5) is 2.54. The van der Waals surface area contributed by atoms with Gasteiger partial charge in [-0.3, -0.25) is 0 Å². The Balaban J connectivity index is 1.53.